The lowest BCUT2D eigenvalue weighted by atomic mass is 9.94. The van der Waals surface area contributed by atoms with Crippen molar-refractivity contribution in [3.63, 3.8) is 0 Å². The van der Waals surface area contributed by atoms with Crippen molar-refractivity contribution >= 4 is 27.5 Å². The third-order valence-corrected chi connectivity index (χ3v) is 5.38. The van der Waals surface area contributed by atoms with E-state index in [-0.39, 0.29) is 6.42 Å². The molecule has 0 amide bonds. The minimum absolute atomic E-state index is 0.120. The molecule has 0 fully saturated rings. The summed E-state index contributed by atoms with van der Waals surface area (Å²) in [5, 5.41) is 13.4. The van der Waals surface area contributed by atoms with Crippen LogP contribution in [-0.4, -0.2) is 46.6 Å². The smallest absolute Gasteiger partial charge is 0.303 e. The second kappa shape index (κ2) is 8.59. The van der Waals surface area contributed by atoms with Gasteiger partial charge in [-0.1, -0.05) is 36.4 Å². The van der Waals surface area contributed by atoms with Crippen LogP contribution in [0.5, 0.6) is 0 Å². The molecule has 0 aliphatic rings. The Morgan fingerprint density at radius 2 is 1.80 bits per heavy atom. The molecule has 1 N–H and O–H groups in total. The van der Waals surface area contributed by atoms with E-state index in [0.29, 0.717) is 6.42 Å². The molecule has 0 aliphatic heterocycles. The molecule has 4 rings (SSSR count). The summed E-state index contributed by atoms with van der Waals surface area (Å²) >= 11 is 0. The second-order valence-electron chi connectivity index (χ2n) is 7.82. The van der Waals surface area contributed by atoms with Gasteiger partial charge in [-0.2, -0.15) is 0 Å². The Labute approximate surface area is 176 Å². The van der Waals surface area contributed by atoms with E-state index in [0.717, 1.165) is 57.0 Å². The minimum Gasteiger partial charge on any atom is -0.481 e. The maximum atomic E-state index is 11.1. The zero-order chi connectivity index (χ0) is 21.1. The zero-order valence-corrected chi connectivity index (χ0v) is 17.3. The molecular formula is C25H25N3O2. The molecule has 0 unspecified atom stereocenters. The highest BCUT2D eigenvalue weighted by molar-refractivity contribution is 6.04. The number of rotatable bonds is 7. The molecule has 30 heavy (non-hydrogen) atoms. The average Bonchev–Trinajstić information content (AvgIpc) is 2.75. The first-order valence-electron chi connectivity index (χ1n) is 10.1. The standard InChI is InChI=1S/C25H25N3O2/c1-28(2)14-12-19-15-18-11-13-26-16-23(18)25(27-19)22-8-4-6-20-17(9-10-24(29)30)5-3-7-21(20)22/h3-8,11,13,15-16H,9-10,12,14H2,1-2H3,(H,29,30). The van der Waals surface area contributed by atoms with Crippen molar-refractivity contribution < 1.29 is 9.90 Å². The summed E-state index contributed by atoms with van der Waals surface area (Å²) in [5.74, 6) is -0.782. The van der Waals surface area contributed by atoms with Gasteiger partial charge >= 0.3 is 5.97 Å². The van der Waals surface area contributed by atoms with Crippen LogP contribution in [0, 0.1) is 0 Å². The average molecular weight is 399 g/mol. The number of hydrogen-bond donors (Lipinski definition) is 1. The fourth-order valence-corrected chi connectivity index (χ4v) is 3.86. The van der Waals surface area contributed by atoms with Crippen molar-refractivity contribution in [2.24, 2.45) is 0 Å². The Kier molecular flexibility index (Phi) is 5.72. The highest BCUT2D eigenvalue weighted by Crippen LogP contribution is 2.34. The number of nitrogens with zero attached hydrogens (tertiary/aromatic N) is 3. The van der Waals surface area contributed by atoms with Crippen LogP contribution in [0.1, 0.15) is 17.7 Å². The summed E-state index contributed by atoms with van der Waals surface area (Å²) < 4.78 is 0. The van der Waals surface area contributed by atoms with Crippen LogP contribution in [-0.2, 0) is 17.6 Å². The fourth-order valence-electron chi connectivity index (χ4n) is 3.86. The van der Waals surface area contributed by atoms with Crippen molar-refractivity contribution in [3.8, 4) is 11.3 Å². The molecule has 4 aromatic rings. The van der Waals surface area contributed by atoms with Gasteiger partial charge in [-0.05, 0) is 54.4 Å². The van der Waals surface area contributed by atoms with Crippen LogP contribution in [0.15, 0.2) is 60.9 Å². The van der Waals surface area contributed by atoms with Gasteiger partial charge in [-0.25, -0.2) is 0 Å². The van der Waals surface area contributed by atoms with E-state index in [9.17, 15) is 4.79 Å². The van der Waals surface area contributed by atoms with Crippen LogP contribution >= 0.6 is 0 Å². The first-order chi connectivity index (χ1) is 14.5. The van der Waals surface area contributed by atoms with Crippen molar-refractivity contribution in [1.82, 2.24) is 14.9 Å². The SMILES string of the molecule is CN(C)CCc1cc2ccncc2c(-c2cccc3c(CCC(=O)O)cccc23)n1. The van der Waals surface area contributed by atoms with Gasteiger partial charge in [-0.15, -0.1) is 0 Å². The molecule has 2 aromatic heterocycles. The van der Waals surface area contributed by atoms with E-state index in [1.807, 2.05) is 36.7 Å². The monoisotopic (exact) mass is 399 g/mol. The fraction of sp³-hybridized carbons (Fsp3) is 0.240. The maximum absolute atomic E-state index is 11.1. The molecule has 0 bridgehead atoms. The Balaban J connectivity index is 1.89. The molecule has 152 valence electrons. The molecule has 0 radical (unpaired) electrons. The highest BCUT2D eigenvalue weighted by Gasteiger charge is 2.13. The number of aromatic nitrogens is 2. The number of pyridine rings is 2. The van der Waals surface area contributed by atoms with Gasteiger partial charge in [-0.3, -0.25) is 14.8 Å². The Morgan fingerprint density at radius 3 is 2.60 bits per heavy atom. The third-order valence-electron chi connectivity index (χ3n) is 5.38. The van der Waals surface area contributed by atoms with Crippen LogP contribution in [0.4, 0.5) is 0 Å². The number of carbonyl (C=O) groups is 1. The highest BCUT2D eigenvalue weighted by atomic mass is 16.4. The van der Waals surface area contributed by atoms with E-state index in [4.69, 9.17) is 10.1 Å². The summed E-state index contributed by atoms with van der Waals surface area (Å²) in [6.45, 7) is 0.928. The van der Waals surface area contributed by atoms with Gasteiger partial charge in [0.2, 0.25) is 0 Å². The van der Waals surface area contributed by atoms with Crippen molar-refractivity contribution in [2.45, 2.75) is 19.3 Å². The van der Waals surface area contributed by atoms with Crippen molar-refractivity contribution in [2.75, 3.05) is 20.6 Å². The molecule has 5 nitrogen and oxygen atoms in total. The van der Waals surface area contributed by atoms with Crippen LogP contribution < -0.4 is 0 Å². The van der Waals surface area contributed by atoms with Gasteiger partial charge < -0.3 is 10.0 Å². The summed E-state index contributed by atoms with van der Waals surface area (Å²) in [5.41, 5.74) is 4.07. The second-order valence-corrected chi connectivity index (χ2v) is 7.82. The van der Waals surface area contributed by atoms with Crippen LogP contribution in [0.2, 0.25) is 0 Å². The third kappa shape index (κ3) is 4.16. The molecule has 0 saturated heterocycles. The number of aliphatic carboxylic acids is 1. The first-order valence-corrected chi connectivity index (χ1v) is 10.1. The lowest BCUT2D eigenvalue weighted by Crippen LogP contribution is -2.15. The van der Waals surface area contributed by atoms with E-state index in [1.165, 1.54) is 0 Å². The number of fused-ring (bicyclic) bond motifs is 2. The van der Waals surface area contributed by atoms with Gasteiger partial charge in [0.1, 0.15) is 0 Å². The summed E-state index contributed by atoms with van der Waals surface area (Å²) in [6.07, 6.45) is 5.19. The zero-order valence-electron chi connectivity index (χ0n) is 17.3. The van der Waals surface area contributed by atoms with Crippen molar-refractivity contribution in [1.29, 1.82) is 0 Å². The molecule has 0 aliphatic carbocycles. The Hall–Kier alpha value is -3.31. The van der Waals surface area contributed by atoms with Crippen molar-refractivity contribution in [3.05, 3.63) is 72.2 Å². The summed E-state index contributed by atoms with van der Waals surface area (Å²) in [6, 6.07) is 16.5. The van der Waals surface area contributed by atoms with Gasteiger partial charge in [0.25, 0.3) is 0 Å². The summed E-state index contributed by atoms with van der Waals surface area (Å²) in [4.78, 5) is 22.6. The van der Waals surface area contributed by atoms with Gasteiger partial charge in [0.15, 0.2) is 0 Å². The summed E-state index contributed by atoms with van der Waals surface area (Å²) in [7, 11) is 4.13. The predicted octanol–water partition coefficient (Wildman–Crippen LogP) is 4.57. The minimum atomic E-state index is -0.782. The number of benzene rings is 2. The largest absolute Gasteiger partial charge is 0.481 e. The Bertz CT molecular complexity index is 1220. The number of carboxylic acid groups (broad SMARTS) is 1. The van der Waals surface area contributed by atoms with E-state index in [1.54, 1.807) is 0 Å². The van der Waals surface area contributed by atoms with E-state index < -0.39 is 5.97 Å². The number of aryl methyl sites for hydroxylation is 1. The lowest BCUT2D eigenvalue weighted by Gasteiger charge is -2.14. The number of carboxylic acids is 1. The molecule has 5 heteroatoms. The quantitative estimate of drug-likeness (QED) is 0.493. The molecule has 0 spiro atoms. The van der Waals surface area contributed by atoms with E-state index in [2.05, 4.69) is 48.2 Å². The van der Waals surface area contributed by atoms with E-state index >= 15 is 0 Å². The normalized spacial score (nSPS) is 11.4. The first kappa shape index (κ1) is 20.0. The van der Waals surface area contributed by atoms with Crippen LogP contribution in [0.3, 0.4) is 0 Å². The van der Waals surface area contributed by atoms with Gasteiger partial charge in [0, 0.05) is 48.4 Å². The maximum Gasteiger partial charge on any atom is 0.303 e. The number of hydrogen-bond acceptors (Lipinski definition) is 4. The molecular weight excluding hydrogens is 374 g/mol. The van der Waals surface area contributed by atoms with Gasteiger partial charge in [0.05, 0.1) is 5.69 Å². The molecule has 0 atom stereocenters. The topological polar surface area (TPSA) is 66.3 Å². The Morgan fingerprint density at radius 1 is 1.00 bits per heavy atom. The predicted molar refractivity (Wildman–Crippen MR) is 121 cm³/mol. The lowest BCUT2D eigenvalue weighted by molar-refractivity contribution is -0.136. The van der Waals surface area contributed by atoms with Crippen LogP contribution in [0.25, 0.3) is 32.8 Å². The number of likely N-dealkylation sites (N-methyl/N-ethyl adjacent to an activating group) is 1. The molecule has 2 heterocycles. The molecule has 2 aromatic carbocycles. The molecule has 0 saturated carbocycles.